The predicted molar refractivity (Wildman–Crippen MR) is 76.7 cm³/mol. The Morgan fingerprint density at radius 1 is 1.50 bits per heavy atom. The SMILES string of the molecule is O=C(O)C=Cc1ccsc1C(=O)N1CCCC(CO)C1. The highest BCUT2D eigenvalue weighted by molar-refractivity contribution is 7.12. The molecule has 1 unspecified atom stereocenters. The molecule has 1 aromatic rings. The highest BCUT2D eigenvalue weighted by Gasteiger charge is 2.25. The molecule has 0 aliphatic carbocycles. The Bertz CT molecular complexity index is 523. The van der Waals surface area contributed by atoms with Crippen molar-refractivity contribution >= 4 is 29.3 Å². The molecule has 108 valence electrons. The van der Waals surface area contributed by atoms with E-state index in [0.717, 1.165) is 18.9 Å². The molecule has 0 spiro atoms. The summed E-state index contributed by atoms with van der Waals surface area (Å²) in [6.07, 6.45) is 4.31. The number of likely N-dealkylation sites (tertiary alicyclic amines) is 1. The van der Waals surface area contributed by atoms with E-state index in [1.807, 2.05) is 0 Å². The topological polar surface area (TPSA) is 77.8 Å². The van der Waals surface area contributed by atoms with E-state index < -0.39 is 5.97 Å². The number of aliphatic hydroxyl groups is 1. The summed E-state index contributed by atoms with van der Waals surface area (Å²) in [4.78, 5) is 25.3. The summed E-state index contributed by atoms with van der Waals surface area (Å²) in [5, 5.41) is 19.6. The summed E-state index contributed by atoms with van der Waals surface area (Å²) in [6.45, 7) is 1.35. The normalized spacial score (nSPS) is 19.4. The van der Waals surface area contributed by atoms with Gasteiger partial charge in [-0.2, -0.15) is 0 Å². The van der Waals surface area contributed by atoms with Crippen LogP contribution in [-0.4, -0.2) is 46.7 Å². The van der Waals surface area contributed by atoms with Crippen LogP contribution in [0.15, 0.2) is 17.5 Å². The van der Waals surface area contributed by atoms with E-state index in [9.17, 15) is 14.7 Å². The summed E-state index contributed by atoms with van der Waals surface area (Å²) in [6, 6.07) is 1.74. The molecule has 1 atom stereocenters. The lowest BCUT2D eigenvalue weighted by Crippen LogP contribution is -2.40. The quantitative estimate of drug-likeness (QED) is 0.829. The molecule has 0 aromatic carbocycles. The number of thiophene rings is 1. The van der Waals surface area contributed by atoms with Crippen LogP contribution in [0.4, 0.5) is 0 Å². The van der Waals surface area contributed by atoms with Gasteiger partial charge in [0.15, 0.2) is 0 Å². The second kappa shape index (κ2) is 6.67. The number of carboxylic acid groups (broad SMARTS) is 1. The van der Waals surface area contributed by atoms with Crippen molar-refractivity contribution in [3.63, 3.8) is 0 Å². The zero-order chi connectivity index (χ0) is 14.5. The fraction of sp³-hybridized carbons (Fsp3) is 0.429. The van der Waals surface area contributed by atoms with Gasteiger partial charge in [0.25, 0.3) is 5.91 Å². The molecular formula is C14H17NO4S. The number of carbonyl (C=O) groups excluding carboxylic acids is 1. The van der Waals surface area contributed by atoms with Crippen LogP contribution in [-0.2, 0) is 4.79 Å². The van der Waals surface area contributed by atoms with Gasteiger partial charge in [0.1, 0.15) is 0 Å². The maximum Gasteiger partial charge on any atom is 0.328 e. The molecule has 1 aliphatic heterocycles. The minimum Gasteiger partial charge on any atom is -0.478 e. The van der Waals surface area contributed by atoms with E-state index in [1.165, 1.54) is 17.4 Å². The van der Waals surface area contributed by atoms with Crippen molar-refractivity contribution in [1.82, 2.24) is 4.90 Å². The Morgan fingerprint density at radius 2 is 2.30 bits per heavy atom. The fourth-order valence-electron chi connectivity index (χ4n) is 2.33. The second-order valence-corrected chi connectivity index (χ2v) is 5.73. The van der Waals surface area contributed by atoms with E-state index in [-0.39, 0.29) is 18.4 Å². The summed E-state index contributed by atoms with van der Waals surface area (Å²) in [5.41, 5.74) is 0.633. The first-order chi connectivity index (χ1) is 9.61. The minimum atomic E-state index is -1.03. The molecule has 2 N–H and O–H groups in total. The number of amides is 1. The molecule has 6 heteroatoms. The van der Waals surface area contributed by atoms with Gasteiger partial charge in [-0.1, -0.05) is 0 Å². The number of aliphatic hydroxyl groups excluding tert-OH is 1. The molecule has 0 bridgehead atoms. The zero-order valence-electron chi connectivity index (χ0n) is 11.0. The third kappa shape index (κ3) is 3.46. The first-order valence-corrected chi connectivity index (χ1v) is 7.38. The molecular weight excluding hydrogens is 278 g/mol. The molecule has 1 fully saturated rings. The lowest BCUT2D eigenvalue weighted by atomic mass is 9.99. The minimum absolute atomic E-state index is 0.0804. The van der Waals surface area contributed by atoms with Gasteiger partial charge in [0.05, 0.1) is 4.88 Å². The van der Waals surface area contributed by atoms with Crippen molar-refractivity contribution in [2.45, 2.75) is 12.8 Å². The number of nitrogens with zero attached hydrogens (tertiary/aromatic N) is 1. The van der Waals surface area contributed by atoms with Gasteiger partial charge in [-0.3, -0.25) is 4.79 Å². The summed E-state index contributed by atoms with van der Waals surface area (Å²) in [7, 11) is 0. The zero-order valence-corrected chi connectivity index (χ0v) is 11.8. The molecule has 5 nitrogen and oxygen atoms in total. The molecule has 1 saturated heterocycles. The van der Waals surface area contributed by atoms with Crippen LogP contribution in [0.2, 0.25) is 0 Å². The Morgan fingerprint density at radius 3 is 3.00 bits per heavy atom. The van der Waals surface area contributed by atoms with Crippen LogP contribution < -0.4 is 0 Å². The van der Waals surface area contributed by atoms with Crippen LogP contribution in [0.3, 0.4) is 0 Å². The molecule has 2 heterocycles. The second-order valence-electron chi connectivity index (χ2n) is 4.82. The van der Waals surface area contributed by atoms with Crippen molar-refractivity contribution in [3.05, 3.63) is 28.0 Å². The number of piperidine rings is 1. The molecule has 1 aliphatic rings. The number of hydrogen-bond donors (Lipinski definition) is 2. The Labute approximate surface area is 121 Å². The van der Waals surface area contributed by atoms with Crippen molar-refractivity contribution in [2.75, 3.05) is 19.7 Å². The van der Waals surface area contributed by atoms with Crippen molar-refractivity contribution in [1.29, 1.82) is 0 Å². The lowest BCUT2D eigenvalue weighted by molar-refractivity contribution is -0.131. The van der Waals surface area contributed by atoms with Gasteiger partial charge >= 0.3 is 5.97 Å². The van der Waals surface area contributed by atoms with E-state index in [2.05, 4.69) is 0 Å². The van der Waals surface area contributed by atoms with Crippen LogP contribution in [0.5, 0.6) is 0 Å². The fourth-order valence-corrected chi connectivity index (χ4v) is 3.18. The standard InChI is InChI=1S/C14H17NO4S/c16-9-10-2-1-6-15(8-10)14(19)13-11(5-7-20-13)3-4-12(17)18/h3-5,7,10,16H,1-2,6,8-9H2,(H,17,18). The molecule has 1 amide bonds. The first-order valence-electron chi connectivity index (χ1n) is 6.50. The van der Waals surface area contributed by atoms with Gasteiger partial charge in [-0.15, -0.1) is 11.3 Å². The molecule has 20 heavy (non-hydrogen) atoms. The third-order valence-corrected chi connectivity index (χ3v) is 4.28. The smallest absolute Gasteiger partial charge is 0.328 e. The maximum absolute atomic E-state index is 12.5. The van der Waals surface area contributed by atoms with Gasteiger partial charge in [-0.05, 0) is 41.8 Å². The molecule has 2 rings (SSSR count). The Hall–Kier alpha value is -1.66. The van der Waals surface area contributed by atoms with Crippen LogP contribution >= 0.6 is 11.3 Å². The Kier molecular flexibility index (Phi) is 4.92. The number of carbonyl (C=O) groups is 2. The van der Waals surface area contributed by atoms with Crippen molar-refractivity contribution in [2.24, 2.45) is 5.92 Å². The molecule has 0 radical (unpaired) electrons. The maximum atomic E-state index is 12.5. The highest BCUT2D eigenvalue weighted by Crippen LogP contribution is 2.24. The first kappa shape index (κ1) is 14.7. The van der Waals surface area contributed by atoms with Gasteiger partial charge in [0, 0.05) is 25.8 Å². The average molecular weight is 295 g/mol. The average Bonchev–Trinajstić information content (AvgIpc) is 2.92. The number of carboxylic acids is 1. The van der Waals surface area contributed by atoms with Crippen LogP contribution in [0, 0.1) is 5.92 Å². The van der Waals surface area contributed by atoms with E-state index in [4.69, 9.17) is 5.11 Å². The van der Waals surface area contributed by atoms with E-state index in [1.54, 1.807) is 16.3 Å². The van der Waals surface area contributed by atoms with Gasteiger partial charge in [0.2, 0.25) is 0 Å². The molecule has 0 saturated carbocycles. The van der Waals surface area contributed by atoms with Gasteiger partial charge < -0.3 is 15.1 Å². The largest absolute Gasteiger partial charge is 0.478 e. The monoisotopic (exact) mass is 295 g/mol. The lowest BCUT2D eigenvalue weighted by Gasteiger charge is -2.31. The number of aliphatic carboxylic acids is 1. The number of rotatable bonds is 4. The van der Waals surface area contributed by atoms with E-state index >= 15 is 0 Å². The summed E-state index contributed by atoms with van der Waals surface area (Å²) >= 11 is 1.31. The van der Waals surface area contributed by atoms with Crippen molar-refractivity contribution < 1.29 is 19.8 Å². The predicted octanol–water partition coefficient (Wildman–Crippen LogP) is 1.69. The van der Waals surface area contributed by atoms with Crippen LogP contribution in [0.1, 0.15) is 28.1 Å². The number of hydrogen-bond acceptors (Lipinski definition) is 4. The summed E-state index contributed by atoms with van der Waals surface area (Å²) in [5.74, 6) is -0.971. The molecule has 1 aromatic heterocycles. The Balaban J connectivity index is 2.13. The van der Waals surface area contributed by atoms with Crippen LogP contribution in [0.25, 0.3) is 6.08 Å². The van der Waals surface area contributed by atoms with Gasteiger partial charge in [-0.25, -0.2) is 4.79 Å². The highest BCUT2D eigenvalue weighted by atomic mass is 32.1. The van der Waals surface area contributed by atoms with Crippen molar-refractivity contribution in [3.8, 4) is 0 Å². The summed E-state index contributed by atoms with van der Waals surface area (Å²) < 4.78 is 0. The third-order valence-electron chi connectivity index (χ3n) is 3.36. The van der Waals surface area contributed by atoms with E-state index in [0.29, 0.717) is 23.5 Å².